The molecule has 0 aliphatic carbocycles. The number of pyridine rings is 1. The summed E-state index contributed by atoms with van der Waals surface area (Å²) in [5, 5.41) is 11.4. The number of carbonyl (C=O) groups is 1. The van der Waals surface area contributed by atoms with Crippen molar-refractivity contribution in [2.45, 2.75) is 41.2 Å². The van der Waals surface area contributed by atoms with E-state index in [0.717, 1.165) is 28.2 Å². The van der Waals surface area contributed by atoms with Gasteiger partial charge in [0.2, 0.25) is 5.91 Å². The third-order valence-corrected chi connectivity index (χ3v) is 4.21. The fourth-order valence-electron chi connectivity index (χ4n) is 2.68. The van der Waals surface area contributed by atoms with Gasteiger partial charge >= 0.3 is 0 Å². The monoisotopic (exact) mass is 367 g/mol. The van der Waals surface area contributed by atoms with Crippen LogP contribution in [-0.2, 0) is 11.3 Å². The fourth-order valence-corrected chi connectivity index (χ4v) is 2.68. The van der Waals surface area contributed by atoms with Crippen LogP contribution in [0.15, 0.2) is 35.1 Å². The van der Waals surface area contributed by atoms with E-state index in [2.05, 4.69) is 20.6 Å². The zero-order chi connectivity index (χ0) is 19.6. The summed E-state index contributed by atoms with van der Waals surface area (Å²) in [6, 6.07) is 5.85. The SMILES string of the molecule is Cc1ccc(-c2c(-c3cc(C)no3)cnn2CCNC(=O)C(C)(C)C)cn1. The number of hydrogen-bond acceptors (Lipinski definition) is 5. The van der Waals surface area contributed by atoms with Crippen molar-refractivity contribution in [2.75, 3.05) is 6.54 Å². The van der Waals surface area contributed by atoms with E-state index in [9.17, 15) is 4.79 Å². The van der Waals surface area contributed by atoms with Gasteiger partial charge in [-0.25, -0.2) is 0 Å². The molecule has 0 unspecified atom stereocenters. The van der Waals surface area contributed by atoms with E-state index in [4.69, 9.17) is 4.52 Å². The number of nitrogens with one attached hydrogen (secondary N) is 1. The van der Waals surface area contributed by atoms with Gasteiger partial charge in [0, 0.05) is 35.5 Å². The topological polar surface area (TPSA) is 85.8 Å². The molecule has 3 aromatic heterocycles. The summed E-state index contributed by atoms with van der Waals surface area (Å²) in [7, 11) is 0. The lowest BCUT2D eigenvalue weighted by atomic mass is 9.96. The molecule has 142 valence electrons. The Morgan fingerprint density at radius 1 is 1.19 bits per heavy atom. The van der Waals surface area contributed by atoms with Gasteiger partial charge in [-0.05, 0) is 26.0 Å². The maximum absolute atomic E-state index is 12.1. The van der Waals surface area contributed by atoms with Crippen molar-refractivity contribution in [3.63, 3.8) is 0 Å². The molecule has 0 saturated carbocycles. The van der Waals surface area contributed by atoms with E-state index in [-0.39, 0.29) is 5.91 Å². The van der Waals surface area contributed by atoms with Gasteiger partial charge in [-0.3, -0.25) is 14.5 Å². The van der Waals surface area contributed by atoms with E-state index in [0.29, 0.717) is 18.8 Å². The minimum Gasteiger partial charge on any atom is -0.356 e. The van der Waals surface area contributed by atoms with Gasteiger partial charge in [0.1, 0.15) is 0 Å². The number of amides is 1. The lowest BCUT2D eigenvalue weighted by Crippen LogP contribution is -2.36. The molecule has 7 heteroatoms. The smallest absolute Gasteiger partial charge is 0.225 e. The molecule has 3 heterocycles. The number of aryl methyl sites for hydroxylation is 2. The molecule has 0 aliphatic rings. The van der Waals surface area contributed by atoms with Crippen LogP contribution in [0.1, 0.15) is 32.2 Å². The first-order chi connectivity index (χ1) is 12.8. The van der Waals surface area contributed by atoms with E-state index in [1.165, 1.54) is 0 Å². The zero-order valence-corrected chi connectivity index (χ0v) is 16.4. The van der Waals surface area contributed by atoms with Crippen molar-refractivity contribution < 1.29 is 9.32 Å². The van der Waals surface area contributed by atoms with Crippen molar-refractivity contribution >= 4 is 5.91 Å². The third kappa shape index (κ3) is 4.24. The first-order valence-corrected chi connectivity index (χ1v) is 8.96. The summed E-state index contributed by atoms with van der Waals surface area (Å²) in [6.07, 6.45) is 3.59. The molecule has 0 atom stereocenters. The van der Waals surface area contributed by atoms with Gasteiger partial charge in [0.25, 0.3) is 0 Å². The van der Waals surface area contributed by atoms with E-state index >= 15 is 0 Å². The number of rotatable bonds is 5. The van der Waals surface area contributed by atoms with Crippen molar-refractivity contribution in [3.8, 4) is 22.6 Å². The van der Waals surface area contributed by atoms with Crippen LogP contribution >= 0.6 is 0 Å². The molecular formula is C20H25N5O2. The van der Waals surface area contributed by atoms with Gasteiger partial charge in [-0.2, -0.15) is 5.10 Å². The largest absolute Gasteiger partial charge is 0.356 e. The van der Waals surface area contributed by atoms with Crippen LogP contribution in [0.3, 0.4) is 0 Å². The van der Waals surface area contributed by atoms with Gasteiger partial charge in [0.05, 0.1) is 29.7 Å². The van der Waals surface area contributed by atoms with Crippen LogP contribution in [-0.4, -0.2) is 32.4 Å². The second kappa shape index (κ2) is 7.34. The Labute approximate surface area is 158 Å². The molecule has 1 N–H and O–H groups in total. The van der Waals surface area contributed by atoms with Crippen molar-refractivity contribution in [3.05, 3.63) is 42.0 Å². The molecular weight excluding hydrogens is 342 g/mol. The second-order valence-corrected chi connectivity index (χ2v) is 7.66. The highest BCUT2D eigenvalue weighted by molar-refractivity contribution is 5.81. The fraction of sp³-hybridized carbons (Fsp3) is 0.400. The van der Waals surface area contributed by atoms with Crippen molar-refractivity contribution in [1.29, 1.82) is 0 Å². The molecule has 3 aromatic rings. The van der Waals surface area contributed by atoms with E-state index in [1.54, 1.807) is 6.20 Å². The Morgan fingerprint density at radius 3 is 2.56 bits per heavy atom. The Morgan fingerprint density at radius 2 is 1.96 bits per heavy atom. The highest BCUT2D eigenvalue weighted by Gasteiger charge is 2.21. The second-order valence-electron chi connectivity index (χ2n) is 7.66. The van der Waals surface area contributed by atoms with Crippen molar-refractivity contribution in [2.24, 2.45) is 5.41 Å². The minimum absolute atomic E-state index is 0.0132. The maximum Gasteiger partial charge on any atom is 0.225 e. The summed E-state index contributed by atoms with van der Waals surface area (Å²) < 4.78 is 7.31. The Balaban J connectivity index is 1.91. The van der Waals surface area contributed by atoms with Gasteiger partial charge in [0.15, 0.2) is 5.76 Å². The molecule has 7 nitrogen and oxygen atoms in total. The summed E-state index contributed by atoms with van der Waals surface area (Å²) in [5.41, 5.74) is 4.01. The molecule has 0 saturated heterocycles. The molecule has 3 rings (SSSR count). The Bertz CT molecular complexity index is 932. The molecule has 0 spiro atoms. The van der Waals surface area contributed by atoms with Crippen LogP contribution in [0.4, 0.5) is 0 Å². The van der Waals surface area contributed by atoms with Crippen LogP contribution < -0.4 is 5.32 Å². The predicted octanol–water partition coefficient (Wildman–Crippen LogP) is 3.38. The van der Waals surface area contributed by atoms with Crippen LogP contribution in [0.2, 0.25) is 0 Å². The van der Waals surface area contributed by atoms with E-state index < -0.39 is 5.41 Å². The lowest BCUT2D eigenvalue weighted by Gasteiger charge is -2.18. The molecule has 0 aliphatic heterocycles. The first-order valence-electron chi connectivity index (χ1n) is 8.96. The zero-order valence-electron chi connectivity index (χ0n) is 16.4. The first kappa shape index (κ1) is 18.8. The Hall–Kier alpha value is -2.96. The quantitative estimate of drug-likeness (QED) is 0.747. The van der Waals surface area contributed by atoms with Crippen LogP contribution in [0.5, 0.6) is 0 Å². The Kier molecular flexibility index (Phi) is 5.12. The average Bonchev–Trinajstić information content (AvgIpc) is 3.21. The number of carbonyl (C=O) groups excluding carboxylic acids is 1. The summed E-state index contributed by atoms with van der Waals surface area (Å²) in [6.45, 7) is 10.5. The van der Waals surface area contributed by atoms with Gasteiger partial charge < -0.3 is 9.84 Å². The normalized spacial score (nSPS) is 11.6. The molecule has 0 fully saturated rings. The summed E-state index contributed by atoms with van der Waals surface area (Å²) in [5.74, 6) is 0.673. The maximum atomic E-state index is 12.1. The van der Waals surface area contributed by atoms with Crippen LogP contribution in [0, 0.1) is 19.3 Å². The lowest BCUT2D eigenvalue weighted by molar-refractivity contribution is -0.128. The molecule has 0 radical (unpaired) electrons. The molecule has 0 aromatic carbocycles. The minimum atomic E-state index is -0.420. The van der Waals surface area contributed by atoms with Gasteiger partial charge in [-0.15, -0.1) is 0 Å². The van der Waals surface area contributed by atoms with Crippen LogP contribution in [0.25, 0.3) is 22.6 Å². The third-order valence-electron chi connectivity index (χ3n) is 4.21. The number of aromatic nitrogens is 4. The molecule has 27 heavy (non-hydrogen) atoms. The summed E-state index contributed by atoms with van der Waals surface area (Å²) >= 11 is 0. The number of nitrogens with zero attached hydrogens (tertiary/aromatic N) is 4. The molecule has 0 bridgehead atoms. The summed E-state index contributed by atoms with van der Waals surface area (Å²) in [4.78, 5) is 16.5. The van der Waals surface area contributed by atoms with Crippen molar-refractivity contribution in [1.82, 2.24) is 25.2 Å². The van der Waals surface area contributed by atoms with E-state index in [1.807, 2.05) is 63.7 Å². The molecule has 1 amide bonds. The standard InChI is InChI=1S/C20H25N5O2/c1-13-6-7-15(11-22-13)18-16(17-10-14(2)24-27-17)12-23-25(18)9-8-21-19(26)20(3,4)5/h6-7,10-12H,8-9H2,1-5H3,(H,21,26). The predicted molar refractivity (Wildman–Crippen MR) is 103 cm³/mol. The average molecular weight is 367 g/mol. The highest BCUT2D eigenvalue weighted by atomic mass is 16.5. The highest BCUT2D eigenvalue weighted by Crippen LogP contribution is 2.32. The van der Waals surface area contributed by atoms with Gasteiger partial charge in [-0.1, -0.05) is 25.9 Å². The number of hydrogen-bond donors (Lipinski definition) is 1.